The Labute approximate surface area is 125 Å². The minimum Gasteiger partial charge on any atom is -0.507 e. The maximum Gasteiger partial charge on any atom is 0.125 e. The lowest BCUT2D eigenvalue weighted by Gasteiger charge is -2.08. The van der Waals surface area contributed by atoms with Crippen LogP contribution >= 0.6 is 15.9 Å². The van der Waals surface area contributed by atoms with E-state index in [-0.39, 0.29) is 11.6 Å². The molecule has 3 nitrogen and oxygen atoms in total. The third kappa shape index (κ3) is 3.57. The third-order valence-electron chi connectivity index (χ3n) is 2.77. The van der Waals surface area contributed by atoms with Crippen LogP contribution in [-0.2, 0) is 0 Å². The van der Waals surface area contributed by atoms with E-state index in [1.54, 1.807) is 24.3 Å². The molecule has 0 spiro atoms. The topological polar surface area (TPSA) is 44.6 Å². The lowest BCUT2D eigenvalue weighted by atomic mass is 10.1. The summed E-state index contributed by atoms with van der Waals surface area (Å²) in [6.07, 6.45) is 0.656. The molecule has 0 heterocycles. The fourth-order valence-electron chi connectivity index (χ4n) is 1.74. The maximum absolute atomic E-state index is 12.8. The Morgan fingerprint density at radius 2 is 1.95 bits per heavy atom. The van der Waals surface area contributed by atoms with Crippen molar-refractivity contribution in [1.29, 1.82) is 0 Å². The van der Waals surface area contributed by atoms with Crippen LogP contribution in [0.15, 0.2) is 52.0 Å². The Bertz CT molecular complexity index is 626. The first-order valence-electron chi connectivity index (χ1n) is 6.17. The number of anilines is 1. The molecule has 0 amide bonds. The zero-order chi connectivity index (χ0) is 14.5. The van der Waals surface area contributed by atoms with Gasteiger partial charge in [-0.1, -0.05) is 22.9 Å². The summed E-state index contributed by atoms with van der Waals surface area (Å²) in [5.74, 6) is -0.123. The summed E-state index contributed by atoms with van der Waals surface area (Å²) in [4.78, 5) is 0. The number of phenolic OH excluding ortho intramolecular Hbond substituents is 1. The zero-order valence-electron chi connectivity index (χ0n) is 10.9. The van der Waals surface area contributed by atoms with E-state index in [0.29, 0.717) is 17.7 Å². The van der Waals surface area contributed by atoms with Crippen molar-refractivity contribution in [2.45, 2.75) is 13.3 Å². The van der Waals surface area contributed by atoms with E-state index in [1.165, 1.54) is 12.1 Å². The van der Waals surface area contributed by atoms with Gasteiger partial charge in [-0.15, -0.1) is 0 Å². The summed E-state index contributed by atoms with van der Waals surface area (Å²) < 4.78 is 13.6. The number of benzene rings is 2. The smallest absolute Gasteiger partial charge is 0.125 e. The van der Waals surface area contributed by atoms with Crippen LogP contribution in [-0.4, -0.2) is 10.8 Å². The van der Waals surface area contributed by atoms with Gasteiger partial charge < -0.3 is 5.11 Å². The van der Waals surface area contributed by atoms with Crippen molar-refractivity contribution in [1.82, 2.24) is 0 Å². The van der Waals surface area contributed by atoms with E-state index in [0.717, 1.165) is 10.2 Å². The first-order chi connectivity index (χ1) is 9.60. The van der Waals surface area contributed by atoms with Crippen molar-refractivity contribution in [2.24, 2.45) is 5.10 Å². The molecule has 0 unspecified atom stereocenters. The SMILES string of the molecule is CCC(=NNc1ccc(F)cc1)c1ccc(Br)cc1O. The highest BCUT2D eigenvalue weighted by atomic mass is 79.9. The second-order valence-electron chi connectivity index (χ2n) is 4.19. The van der Waals surface area contributed by atoms with Gasteiger partial charge in [-0.3, -0.25) is 5.43 Å². The van der Waals surface area contributed by atoms with Crippen molar-refractivity contribution in [2.75, 3.05) is 5.43 Å². The Balaban J connectivity index is 2.23. The number of nitrogens with zero attached hydrogens (tertiary/aromatic N) is 1. The fraction of sp³-hybridized carbons (Fsp3) is 0.133. The molecule has 0 saturated heterocycles. The highest BCUT2D eigenvalue weighted by Crippen LogP contribution is 2.24. The zero-order valence-corrected chi connectivity index (χ0v) is 12.5. The predicted molar refractivity (Wildman–Crippen MR) is 82.7 cm³/mol. The second-order valence-corrected chi connectivity index (χ2v) is 5.11. The third-order valence-corrected chi connectivity index (χ3v) is 3.26. The summed E-state index contributed by atoms with van der Waals surface area (Å²) in [6.45, 7) is 1.95. The minimum atomic E-state index is -0.291. The van der Waals surface area contributed by atoms with E-state index in [1.807, 2.05) is 13.0 Å². The lowest BCUT2D eigenvalue weighted by Crippen LogP contribution is -2.03. The van der Waals surface area contributed by atoms with Crippen LogP contribution < -0.4 is 5.43 Å². The summed E-state index contributed by atoms with van der Waals surface area (Å²) in [5.41, 5.74) is 4.94. The molecule has 5 heteroatoms. The molecule has 104 valence electrons. The number of rotatable bonds is 4. The molecule has 2 aromatic rings. The number of phenols is 1. The molecule has 20 heavy (non-hydrogen) atoms. The maximum atomic E-state index is 12.8. The molecule has 2 N–H and O–H groups in total. The summed E-state index contributed by atoms with van der Waals surface area (Å²) in [5, 5.41) is 14.2. The highest BCUT2D eigenvalue weighted by molar-refractivity contribution is 9.10. The van der Waals surface area contributed by atoms with Gasteiger partial charge in [0.15, 0.2) is 0 Å². The molecule has 0 saturated carbocycles. The molecule has 0 radical (unpaired) electrons. The average molecular weight is 337 g/mol. The van der Waals surface area contributed by atoms with Crippen molar-refractivity contribution >= 4 is 27.3 Å². The van der Waals surface area contributed by atoms with Crippen LogP contribution in [0, 0.1) is 5.82 Å². The number of hydrazone groups is 1. The lowest BCUT2D eigenvalue weighted by molar-refractivity contribution is 0.473. The second kappa shape index (κ2) is 6.52. The molecule has 0 aliphatic carbocycles. The largest absolute Gasteiger partial charge is 0.507 e. The van der Waals surface area contributed by atoms with Crippen LogP contribution in [0.25, 0.3) is 0 Å². The standard InChI is InChI=1S/C15H14BrFN2O/c1-2-14(13-8-3-10(16)9-15(13)20)19-18-12-6-4-11(17)5-7-12/h3-9,18,20H,2H2,1H3. The van der Waals surface area contributed by atoms with E-state index in [4.69, 9.17) is 0 Å². The number of halogens is 2. The number of hydrogen-bond donors (Lipinski definition) is 2. The Morgan fingerprint density at radius 3 is 2.55 bits per heavy atom. The van der Waals surface area contributed by atoms with Gasteiger partial charge in [0.25, 0.3) is 0 Å². The van der Waals surface area contributed by atoms with Crippen molar-refractivity contribution in [3.8, 4) is 5.75 Å². The van der Waals surface area contributed by atoms with Gasteiger partial charge in [0.1, 0.15) is 11.6 Å². The van der Waals surface area contributed by atoms with Crippen molar-refractivity contribution < 1.29 is 9.50 Å². The molecular formula is C15H14BrFN2O. The summed E-state index contributed by atoms with van der Waals surface area (Å²) in [6, 6.07) is 11.2. The van der Waals surface area contributed by atoms with E-state index < -0.39 is 0 Å². The van der Waals surface area contributed by atoms with E-state index >= 15 is 0 Å². The van der Waals surface area contributed by atoms with Gasteiger partial charge >= 0.3 is 0 Å². The van der Waals surface area contributed by atoms with E-state index in [9.17, 15) is 9.50 Å². The molecule has 0 bridgehead atoms. The Kier molecular flexibility index (Phi) is 4.74. The quantitative estimate of drug-likeness (QED) is 0.636. The first kappa shape index (κ1) is 14.5. The van der Waals surface area contributed by atoms with Crippen molar-refractivity contribution in [3.63, 3.8) is 0 Å². The molecular weight excluding hydrogens is 323 g/mol. The van der Waals surface area contributed by atoms with Crippen LogP contribution in [0.3, 0.4) is 0 Å². The average Bonchev–Trinajstić information content (AvgIpc) is 2.43. The molecule has 0 aliphatic heterocycles. The highest BCUT2D eigenvalue weighted by Gasteiger charge is 2.08. The Morgan fingerprint density at radius 1 is 1.25 bits per heavy atom. The minimum absolute atomic E-state index is 0.167. The van der Waals surface area contributed by atoms with E-state index in [2.05, 4.69) is 26.5 Å². The van der Waals surface area contributed by atoms with Crippen LogP contribution in [0.1, 0.15) is 18.9 Å². The normalized spacial score (nSPS) is 11.4. The number of nitrogens with one attached hydrogen (secondary N) is 1. The Hall–Kier alpha value is -1.88. The van der Waals surface area contributed by atoms with Gasteiger partial charge in [-0.2, -0.15) is 5.10 Å². The monoisotopic (exact) mass is 336 g/mol. The van der Waals surface area contributed by atoms with Crippen LogP contribution in [0.5, 0.6) is 5.75 Å². The molecule has 2 rings (SSSR count). The molecule has 0 aliphatic rings. The number of hydrogen-bond acceptors (Lipinski definition) is 3. The van der Waals surface area contributed by atoms with Crippen LogP contribution in [0.4, 0.5) is 10.1 Å². The van der Waals surface area contributed by atoms with Crippen LogP contribution in [0.2, 0.25) is 0 Å². The molecule has 2 aromatic carbocycles. The summed E-state index contributed by atoms with van der Waals surface area (Å²) >= 11 is 3.30. The van der Waals surface area contributed by atoms with Gasteiger partial charge in [0.05, 0.1) is 11.4 Å². The van der Waals surface area contributed by atoms with Crippen molar-refractivity contribution in [3.05, 3.63) is 58.3 Å². The van der Waals surface area contributed by atoms with Gasteiger partial charge in [-0.25, -0.2) is 4.39 Å². The molecule has 0 atom stereocenters. The van der Waals surface area contributed by atoms with Gasteiger partial charge in [0.2, 0.25) is 0 Å². The first-order valence-corrected chi connectivity index (χ1v) is 6.96. The number of aromatic hydroxyl groups is 1. The summed E-state index contributed by atoms with van der Waals surface area (Å²) in [7, 11) is 0. The predicted octanol–water partition coefficient (Wildman–Crippen LogP) is 4.52. The van der Waals surface area contributed by atoms with Gasteiger partial charge in [0, 0.05) is 10.0 Å². The molecule has 0 aromatic heterocycles. The van der Waals surface area contributed by atoms with Gasteiger partial charge in [-0.05, 0) is 48.9 Å². The molecule has 0 fully saturated rings. The fourth-order valence-corrected chi connectivity index (χ4v) is 2.08.